The number of amides is 2. The fraction of sp³-hybridized carbons (Fsp3) is 0.444. The van der Waals surface area contributed by atoms with Gasteiger partial charge >= 0.3 is 12.1 Å². The van der Waals surface area contributed by atoms with Gasteiger partial charge in [0.15, 0.2) is 0 Å². The molecule has 0 radical (unpaired) electrons. The van der Waals surface area contributed by atoms with E-state index in [-0.39, 0.29) is 18.9 Å². The summed E-state index contributed by atoms with van der Waals surface area (Å²) in [6.07, 6.45) is 0.432. The maximum absolute atomic E-state index is 13.0. The van der Waals surface area contributed by atoms with Crippen molar-refractivity contribution >= 4 is 18.0 Å². The van der Waals surface area contributed by atoms with Gasteiger partial charge in [0.1, 0.15) is 12.6 Å². The summed E-state index contributed by atoms with van der Waals surface area (Å²) in [4.78, 5) is 36.9. The van der Waals surface area contributed by atoms with E-state index in [0.29, 0.717) is 6.42 Å². The summed E-state index contributed by atoms with van der Waals surface area (Å²) < 4.78 is 5.61. The Kier molecular flexibility index (Phi) is 7.97. The van der Waals surface area contributed by atoms with Gasteiger partial charge in [0, 0.05) is 12.0 Å². The summed E-state index contributed by atoms with van der Waals surface area (Å²) in [5.74, 6) is -1.47. The van der Waals surface area contributed by atoms with Crippen LogP contribution in [0.1, 0.15) is 64.0 Å². The summed E-state index contributed by atoms with van der Waals surface area (Å²) in [7, 11) is 0. The van der Waals surface area contributed by atoms with Gasteiger partial charge in [-0.2, -0.15) is 0 Å². The van der Waals surface area contributed by atoms with E-state index in [9.17, 15) is 14.4 Å². The fourth-order valence-electron chi connectivity index (χ4n) is 4.50. The van der Waals surface area contributed by atoms with Crippen molar-refractivity contribution in [3.8, 4) is 11.1 Å². The van der Waals surface area contributed by atoms with Gasteiger partial charge in [-0.1, -0.05) is 82.6 Å². The molecule has 0 bridgehead atoms. The number of carboxylic acids is 1. The molecule has 0 aliphatic heterocycles. The standard InChI is InChI=1S/C27H34N2O5/c1-5-10-17(15-23(30)31)28-25(32)24(27(2,3)4)29-26(33)34-16-22-20-13-8-6-11-18(20)19-12-7-9-14-21(19)22/h6-9,11-14,17,22,24H,5,10,15-16H2,1-4H3,(H,28,32)(H,29,33)(H,30,31)/t17-,24-/m0/s1. The molecule has 3 rings (SSSR count). The number of benzene rings is 2. The molecular weight excluding hydrogens is 432 g/mol. The van der Waals surface area contributed by atoms with E-state index in [1.54, 1.807) is 0 Å². The van der Waals surface area contributed by atoms with Gasteiger partial charge in [0.05, 0.1) is 6.42 Å². The van der Waals surface area contributed by atoms with Crippen LogP contribution in [0.25, 0.3) is 11.1 Å². The van der Waals surface area contributed by atoms with E-state index in [4.69, 9.17) is 9.84 Å². The third-order valence-electron chi connectivity index (χ3n) is 6.14. The van der Waals surface area contributed by atoms with Crippen LogP contribution in [0.3, 0.4) is 0 Å². The first kappa shape index (κ1) is 25.3. The zero-order valence-corrected chi connectivity index (χ0v) is 20.3. The Balaban J connectivity index is 1.68. The Morgan fingerprint density at radius 1 is 0.971 bits per heavy atom. The topological polar surface area (TPSA) is 105 Å². The monoisotopic (exact) mass is 466 g/mol. The Labute approximate surface area is 200 Å². The maximum Gasteiger partial charge on any atom is 0.407 e. The van der Waals surface area contributed by atoms with E-state index in [1.165, 1.54) is 0 Å². The summed E-state index contributed by atoms with van der Waals surface area (Å²) >= 11 is 0. The number of carbonyl (C=O) groups excluding carboxylic acids is 2. The molecular formula is C27H34N2O5. The second kappa shape index (κ2) is 10.7. The van der Waals surface area contributed by atoms with Gasteiger partial charge in [-0.25, -0.2) is 4.79 Å². The average Bonchev–Trinajstić information content (AvgIpc) is 3.08. The van der Waals surface area contributed by atoms with Crippen molar-refractivity contribution < 1.29 is 24.2 Å². The lowest BCUT2D eigenvalue weighted by molar-refractivity contribution is -0.138. The number of rotatable bonds is 9. The van der Waals surface area contributed by atoms with Crippen molar-refractivity contribution in [2.75, 3.05) is 6.61 Å². The highest BCUT2D eigenvalue weighted by molar-refractivity contribution is 5.87. The molecule has 3 N–H and O–H groups in total. The molecule has 2 aromatic carbocycles. The quantitative estimate of drug-likeness (QED) is 0.497. The van der Waals surface area contributed by atoms with E-state index in [0.717, 1.165) is 28.7 Å². The minimum Gasteiger partial charge on any atom is -0.481 e. The number of alkyl carbamates (subject to hydrolysis) is 1. The molecule has 2 atom stereocenters. The number of hydrogen-bond donors (Lipinski definition) is 3. The summed E-state index contributed by atoms with van der Waals surface area (Å²) in [5, 5.41) is 14.6. The van der Waals surface area contributed by atoms with E-state index in [2.05, 4.69) is 22.8 Å². The molecule has 0 aromatic heterocycles. The molecule has 2 aromatic rings. The van der Waals surface area contributed by atoms with Gasteiger partial charge in [-0.3, -0.25) is 9.59 Å². The molecule has 0 spiro atoms. The number of nitrogens with one attached hydrogen (secondary N) is 2. The Morgan fingerprint density at radius 3 is 2.03 bits per heavy atom. The van der Waals surface area contributed by atoms with Crippen LogP contribution in [0.4, 0.5) is 4.79 Å². The van der Waals surface area contributed by atoms with Crippen molar-refractivity contribution in [2.24, 2.45) is 5.41 Å². The second-order valence-electron chi connectivity index (χ2n) is 9.86. The molecule has 7 heteroatoms. The van der Waals surface area contributed by atoms with Crippen molar-refractivity contribution in [2.45, 2.75) is 65.0 Å². The average molecular weight is 467 g/mol. The lowest BCUT2D eigenvalue weighted by Crippen LogP contribution is -2.55. The maximum atomic E-state index is 13.0. The Bertz CT molecular complexity index is 998. The molecule has 0 unspecified atom stereocenters. The SMILES string of the molecule is CCC[C@@H](CC(=O)O)NC(=O)[C@H](NC(=O)OCC1c2ccccc2-c2ccccc21)C(C)(C)C. The predicted molar refractivity (Wildman–Crippen MR) is 131 cm³/mol. The van der Waals surface area contributed by atoms with Crippen molar-refractivity contribution in [1.82, 2.24) is 10.6 Å². The van der Waals surface area contributed by atoms with Crippen LogP contribution in [0.5, 0.6) is 0 Å². The highest BCUT2D eigenvalue weighted by Crippen LogP contribution is 2.44. The first-order chi connectivity index (χ1) is 16.1. The zero-order valence-electron chi connectivity index (χ0n) is 20.3. The summed E-state index contributed by atoms with van der Waals surface area (Å²) in [6.45, 7) is 7.60. The molecule has 2 amide bonds. The van der Waals surface area contributed by atoms with Gasteiger partial charge in [-0.15, -0.1) is 0 Å². The number of ether oxygens (including phenoxy) is 1. The van der Waals surface area contributed by atoms with E-state index in [1.807, 2.05) is 64.1 Å². The number of aliphatic carboxylic acids is 1. The third kappa shape index (κ3) is 5.95. The zero-order chi connectivity index (χ0) is 24.9. The predicted octanol–water partition coefficient (Wildman–Crippen LogP) is 4.70. The summed E-state index contributed by atoms with van der Waals surface area (Å²) in [6, 6.07) is 14.8. The van der Waals surface area contributed by atoms with Gasteiger partial charge in [0.2, 0.25) is 5.91 Å². The first-order valence-corrected chi connectivity index (χ1v) is 11.8. The molecule has 0 fully saturated rings. The number of carbonyl (C=O) groups is 3. The fourth-order valence-corrected chi connectivity index (χ4v) is 4.50. The molecule has 0 saturated carbocycles. The second-order valence-corrected chi connectivity index (χ2v) is 9.86. The van der Waals surface area contributed by atoms with Crippen molar-refractivity contribution in [1.29, 1.82) is 0 Å². The number of carboxylic acid groups (broad SMARTS) is 1. The smallest absolute Gasteiger partial charge is 0.407 e. The van der Waals surface area contributed by atoms with E-state index < -0.39 is 35.5 Å². The lowest BCUT2D eigenvalue weighted by Gasteiger charge is -2.31. The number of hydrogen-bond acceptors (Lipinski definition) is 4. The summed E-state index contributed by atoms with van der Waals surface area (Å²) in [5.41, 5.74) is 3.89. The Morgan fingerprint density at radius 2 is 1.53 bits per heavy atom. The molecule has 7 nitrogen and oxygen atoms in total. The van der Waals surface area contributed by atoms with Crippen LogP contribution in [-0.2, 0) is 14.3 Å². The van der Waals surface area contributed by atoms with Gasteiger partial charge in [0.25, 0.3) is 0 Å². The molecule has 182 valence electrons. The molecule has 0 saturated heterocycles. The molecule has 34 heavy (non-hydrogen) atoms. The van der Waals surface area contributed by atoms with E-state index >= 15 is 0 Å². The van der Waals surface area contributed by atoms with Crippen LogP contribution in [0, 0.1) is 5.41 Å². The van der Waals surface area contributed by atoms with Crippen molar-refractivity contribution in [3.63, 3.8) is 0 Å². The molecule has 0 heterocycles. The molecule has 1 aliphatic rings. The minimum atomic E-state index is -0.976. The van der Waals surface area contributed by atoms with Crippen LogP contribution < -0.4 is 10.6 Å². The molecule has 1 aliphatic carbocycles. The van der Waals surface area contributed by atoms with Crippen molar-refractivity contribution in [3.05, 3.63) is 59.7 Å². The van der Waals surface area contributed by atoms with Gasteiger partial charge in [-0.05, 0) is 34.1 Å². The van der Waals surface area contributed by atoms with Gasteiger partial charge < -0.3 is 20.5 Å². The third-order valence-corrected chi connectivity index (χ3v) is 6.14. The van der Waals surface area contributed by atoms with Crippen LogP contribution in [0.15, 0.2) is 48.5 Å². The minimum absolute atomic E-state index is 0.0791. The van der Waals surface area contributed by atoms with Crippen LogP contribution >= 0.6 is 0 Å². The number of fused-ring (bicyclic) bond motifs is 3. The largest absolute Gasteiger partial charge is 0.481 e. The Hall–Kier alpha value is -3.35. The highest BCUT2D eigenvalue weighted by atomic mass is 16.5. The normalized spacial score (nSPS) is 14.5. The first-order valence-electron chi connectivity index (χ1n) is 11.8. The highest BCUT2D eigenvalue weighted by Gasteiger charge is 2.35. The van der Waals surface area contributed by atoms with Crippen LogP contribution in [-0.4, -0.2) is 41.8 Å². The lowest BCUT2D eigenvalue weighted by atomic mass is 9.86. The van der Waals surface area contributed by atoms with Crippen LogP contribution in [0.2, 0.25) is 0 Å².